The average molecular weight is 458 g/mol. The molecule has 1 saturated heterocycles. The molecule has 164 valence electrons. The molecule has 3 heterocycles. The molecule has 7 nitrogen and oxygen atoms in total. The second kappa shape index (κ2) is 10.3. The van der Waals surface area contributed by atoms with Gasteiger partial charge >= 0.3 is 6.09 Å². The summed E-state index contributed by atoms with van der Waals surface area (Å²) in [6, 6.07) is 7.72. The number of carbonyl (C=O) groups excluding carboxylic acids is 1. The molecule has 0 aliphatic carbocycles. The van der Waals surface area contributed by atoms with Gasteiger partial charge in [-0.1, -0.05) is 23.9 Å². The highest BCUT2D eigenvalue weighted by atomic mass is 32.2. The van der Waals surface area contributed by atoms with Crippen LogP contribution in [-0.4, -0.2) is 63.2 Å². The number of hydrogen-bond donors (Lipinski definition) is 0. The van der Waals surface area contributed by atoms with E-state index < -0.39 is 0 Å². The van der Waals surface area contributed by atoms with E-state index in [1.165, 1.54) is 4.88 Å². The van der Waals surface area contributed by atoms with Gasteiger partial charge in [-0.25, -0.2) is 14.8 Å². The molecule has 4 rings (SSSR count). The van der Waals surface area contributed by atoms with E-state index in [1.807, 2.05) is 47.6 Å². The van der Waals surface area contributed by atoms with Crippen LogP contribution >= 0.6 is 23.1 Å². The smallest absolute Gasteiger partial charge is 0.410 e. The number of benzene rings is 1. The summed E-state index contributed by atoms with van der Waals surface area (Å²) in [5.74, 6) is 1.40. The fourth-order valence-corrected chi connectivity index (χ4v) is 5.10. The molecule has 1 aliphatic rings. The van der Waals surface area contributed by atoms with Crippen LogP contribution < -0.4 is 4.74 Å². The van der Waals surface area contributed by atoms with Gasteiger partial charge in [0, 0.05) is 62.8 Å². The molecule has 3 aromatic rings. The Labute approximate surface area is 191 Å². The Balaban J connectivity index is 1.20. The number of aromatic nitrogens is 3. The van der Waals surface area contributed by atoms with E-state index in [4.69, 9.17) is 4.74 Å². The lowest BCUT2D eigenvalue weighted by molar-refractivity contribution is 0.111. The monoisotopic (exact) mass is 457 g/mol. The Morgan fingerprint density at radius 3 is 2.58 bits per heavy atom. The molecule has 9 heteroatoms. The topological polar surface area (TPSA) is 63.5 Å². The summed E-state index contributed by atoms with van der Waals surface area (Å²) in [5, 5.41) is 0.983. The largest absolute Gasteiger partial charge is 0.415 e. The minimum absolute atomic E-state index is 0.270. The number of thiazole rings is 1. The van der Waals surface area contributed by atoms with Crippen LogP contribution in [0.2, 0.25) is 0 Å². The summed E-state index contributed by atoms with van der Waals surface area (Å²) >= 11 is 3.40. The van der Waals surface area contributed by atoms with Gasteiger partial charge in [-0.15, -0.1) is 11.3 Å². The molecule has 31 heavy (non-hydrogen) atoms. The Kier molecular flexibility index (Phi) is 7.26. The van der Waals surface area contributed by atoms with Gasteiger partial charge in [-0.2, -0.15) is 0 Å². The third-order valence-electron chi connectivity index (χ3n) is 5.40. The van der Waals surface area contributed by atoms with Crippen molar-refractivity contribution in [1.82, 2.24) is 24.3 Å². The first-order valence-electron chi connectivity index (χ1n) is 10.4. The molecule has 1 amide bonds. The number of aryl methyl sites for hydroxylation is 2. The lowest BCUT2D eigenvalue weighted by Gasteiger charge is -2.33. The molecule has 0 atom stereocenters. The van der Waals surface area contributed by atoms with Crippen LogP contribution in [0, 0.1) is 6.92 Å². The van der Waals surface area contributed by atoms with Gasteiger partial charge in [-0.3, -0.25) is 4.90 Å². The first-order chi connectivity index (χ1) is 15.1. The molecular formula is C22H27N5O2S2. The summed E-state index contributed by atoms with van der Waals surface area (Å²) in [4.78, 5) is 26.7. The highest BCUT2D eigenvalue weighted by molar-refractivity contribution is 7.98. The van der Waals surface area contributed by atoms with Crippen molar-refractivity contribution in [3.05, 3.63) is 58.3 Å². The summed E-state index contributed by atoms with van der Waals surface area (Å²) < 4.78 is 7.59. The number of piperazine rings is 1. The Morgan fingerprint density at radius 2 is 1.94 bits per heavy atom. The van der Waals surface area contributed by atoms with Gasteiger partial charge in [0.25, 0.3) is 0 Å². The van der Waals surface area contributed by atoms with Gasteiger partial charge in [0.15, 0.2) is 5.16 Å². The number of imidazole rings is 1. The molecule has 0 N–H and O–H groups in total. The zero-order valence-corrected chi connectivity index (χ0v) is 19.5. The summed E-state index contributed by atoms with van der Waals surface area (Å²) in [6.45, 7) is 6.19. The van der Waals surface area contributed by atoms with Crippen molar-refractivity contribution >= 4 is 29.2 Å². The van der Waals surface area contributed by atoms with Crippen molar-refractivity contribution in [3.8, 4) is 5.75 Å². The first-order valence-corrected chi connectivity index (χ1v) is 12.2. The third kappa shape index (κ3) is 5.87. The maximum atomic E-state index is 12.5. The molecule has 0 spiro atoms. The number of amides is 1. The number of carbonyl (C=O) groups is 1. The van der Waals surface area contributed by atoms with Crippen molar-refractivity contribution in [2.45, 2.75) is 24.3 Å². The van der Waals surface area contributed by atoms with Gasteiger partial charge < -0.3 is 14.2 Å². The van der Waals surface area contributed by atoms with E-state index in [0.29, 0.717) is 18.8 Å². The number of ether oxygens (including phenoxy) is 1. The van der Waals surface area contributed by atoms with Crippen LogP contribution in [0.15, 0.2) is 47.3 Å². The minimum Gasteiger partial charge on any atom is -0.410 e. The van der Waals surface area contributed by atoms with Gasteiger partial charge in [0.05, 0.1) is 11.2 Å². The zero-order chi connectivity index (χ0) is 21.6. The number of thioether (sulfide) groups is 1. The van der Waals surface area contributed by atoms with Crippen molar-refractivity contribution in [2.75, 3.05) is 32.7 Å². The summed E-state index contributed by atoms with van der Waals surface area (Å²) in [7, 11) is 1.99. The van der Waals surface area contributed by atoms with E-state index in [0.717, 1.165) is 48.2 Å². The lowest BCUT2D eigenvalue weighted by Crippen LogP contribution is -2.49. The van der Waals surface area contributed by atoms with Crippen LogP contribution in [0.5, 0.6) is 5.75 Å². The fraction of sp³-hybridized carbons (Fsp3) is 0.409. The standard InChI is InChI=1S/C22H27N5O2S2/c1-17-20(31-16-24-17)7-9-26-11-13-27(14-12-26)22(28)29-19-5-3-18(4-6-19)15-30-21-23-8-10-25(21)2/h3-6,8,10,16H,7,9,11-15H2,1-2H3. The molecule has 0 bridgehead atoms. The number of hydrogen-bond acceptors (Lipinski definition) is 7. The predicted molar refractivity (Wildman–Crippen MR) is 124 cm³/mol. The van der Waals surface area contributed by atoms with Crippen molar-refractivity contribution in [1.29, 1.82) is 0 Å². The molecule has 1 aliphatic heterocycles. The van der Waals surface area contributed by atoms with Crippen LogP contribution in [0.25, 0.3) is 0 Å². The van der Waals surface area contributed by atoms with Crippen molar-refractivity contribution in [3.63, 3.8) is 0 Å². The van der Waals surface area contributed by atoms with Gasteiger partial charge in [0.2, 0.25) is 0 Å². The third-order valence-corrected chi connectivity index (χ3v) is 7.53. The molecule has 1 aromatic carbocycles. The van der Waals surface area contributed by atoms with Crippen LogP contribution in [-0.2, 0) is 19.2 Å². The quantitative estimate of drug-likeness (QED) is 0.503. The number of rotatable bonds is 7. The van der Waals surface area contributed by atoms with E-state index in [-0.39, 0.29) is 6.09 Å². The van der Waals surface area contributed by atoms with E-state index in [1.54, 1.807) is 34.2 Å². The molecule has 0 unspecified atom stereocenters. The second-order valence-electron chi connectivity index (χ2n) is 7.56. The fourth-order valence-electron chi connectivity index (χ4n) is 3.44. The minimum atomic E-state index is -0.270. The normalized spacial score (nSPS) is 14.7. The van der Waals surface area contributed by atoms with Crippen molar-refractivity contribution < 1.29 is 9.53 Å². The van der Waals surface area contributed by atoms with E-state index >= 15 is 0 Å². The highest BCUT2D eigenvalue weighted by Crippen LogP contribution is 2.22. The summed E-state index contributed by atoms with van der Waals surface area (Å²) in [6.07, 6.45) is 4.49. The maximum absolute atomic E-state index is 12.5. The highest BCUT2D eigenvalue weighted by Gasteiger charge is 2.22. The average Bonchev–Trinajstić information content (AvgIpc) is 3.39. The van der Waals surface area contributed by atoms with Crippen LogP contribution in [0.4, 0.5) is 4.79 Å². The molecular weight excluding hydrogens is 430 g/mol. The Hall–Kier alpha value is -2.36. The lowest BCUT2D eigenvalue weighted by atomic mass is 10.2. The summed E-state index contributed by atoms with van der Waals surface area (Å²) in [5.41, 5.74) is 4.20. The second-order valence-corrected chi connectivity index (χ2v) is 9.44. The van der Waals surface area contributed by atoms with Crippen LogP contribution in [0.3, 0.4) is 0 Å². The number of nitrogens with zero attached hydrogens (tertiary/aromatic N) is 5. The Bertz CT molecular complexity index is 994. The van der Waals surface area contributed by atoms with Gasteiger partial charge in [0.1, 0.15) is 5.75 Å². The molecule has 1 fully saturated rings. The SMILES string of the molecule is Cc1ncsc1CCN1CCN(C(=O)Oc2ccc(CSc3nccn3C)cc2)CC1. The van der Waals surface area contributed by atoms with E-state index in [9.17, 15) is 4.79 Å². The first kappa shape index (κ1) is 21.9. The van der Waals surface area contributed by atoms with E-state index in [2.05, 4.69) is 21.8 Å². The molecule has 0 saturated carbocycles. The predicted octanol–water partition coefficient (Wildman–Crippen LogP) is 3.84. The van der Waals surface area contributed by atoms with Gasteiger partial charge in [-0.05, 0) is 31.0 Å². The molecule has 2 aromatic heterocycles. The van der Waals surface area contributed by atoms with Crippen LogP contribution in [0.1, 0.15) is 16.1 Å². The maximum Gasteiger partial charge on any atom is 0.415 e. The van der Waals surface area contributed by atoms with Crippen molar-refractivity contribution in [2.24, 2.45) is 7.05 Å². The molecule has 0 radical (unpaired) electrons. The Morgan fingerprint density at radius 1 is 1.16 bits per heavy atom. The zero-order valence-electron chi connectivity index (χ0n) is 17.9.